The molecule has 0 amide bonds. The number of rotatable bonds is 9. The van der Waals surface area contributed by atoms with Crippen LogP contribution < -0.4 is 5.32 Å². The third-order valence-electron chi connectivity index (χ3n) is 3.67. The molecule has 0 unspecified atom stereocenters. The van der Waals surface area contributed by atoms with E-state index in [-0.39, 0.29) is 5.03 Å². The molecule has 0 spiro atoms. The van der Waals surface area contributed by atoms with E-state index in [0.29, 0.717) is 19.0 Å². The van der Waals surface area contributed by atoms with E-state index in [9.17, 15) is 8.42 Å². The third kappa shape index (κ3) is 4.49. The van der Waals surface area contributed by atoms with Crippen molar-refractivity contribution >= 4 is 10.0 Å². The quantitative estimate of drug-likeness (QED) is 0.709. The molecular formula is C15H25N3O2S. The highest BCUT2D eigenvalue weighted by Crippen LogP contribution is 2.31. The molecule has 1 aliphatic rings. The van der Waals surface area contributed by atoms with Gasteiger partial charge in [-0.15, -0.1) is 0 Å². The van der Waals surface area contributed by atoms with E-state index in [1.165, 1.54) is 0 Å². The first-order valence-electron chi connectivity index (χ1n) is 7.73. The van der Waals surface area contributed by atoms with Crippen LogP contribution in [-0.4, -0.2) is 37.3 Å². The van der Waals surface area contributed by atoms with Gasteiger partial charge in [0.2, 0.25) is 0 Å². The fourth-order valence-corrected chi connectivity index (χ4v) is 3.63. The lowest BCUT2D eigenvalue weighted by Gasteiger charge is -2.19. The Labute approximate surface area is 127 Å². The summed E-state index contributed by atoms with van der Waals surface area (Å²) < 4.78 is 26.6. The van der Waals surface area contributed by atoms with Gasteiger partial charge < -0.3 is 5.32 Å². The lowest BCUT2D eigenvalue weighted by atomic mass is 10.3. The summed E-state index contributed by atoms with van der Waals surface area (Å²) in [6.45, 7) is 6.79. The predicted octanol–water partition coefficient (Wildman–Crippen LogP) is 2.00. The third-order valence-corrected chi connectivity index (χ3v) is 5.53. The minimum absolute atomic E-state index is 0.157. The zero-order valence-electron chi connectivity index (χ0n) is 12.9. The number of sulfonamides is 1. The van der Waals surface area contributed by atoms with E-state index in [1.807, 2.05) is 13.0 Å². The van der Waals surface area contributed by atoms with Crippen molar-refractivity contribution in [3.63, 3.8) is 0 Å². The standard InChI is InChI=1S/C15H25N3O2S/c1-3-9-16-10-14-7-8-15(17-11-14)21(19,20)18(4-2)12-13-5-6-13/h7-8,11,13,16H,3-6,9-10,12H2,1-2H3. The van der Waals surface area contributed by atoms with Crippen molar-refractivity contribution in [1.82, 2.24) is 14.6 Å². The fourth-order valence-electron chi connectivity index (χ4n) is 2.20. The molecule has 1 saturated carbocycles. The lowest BCUT2D eigenvalue weighted by Crippen LogP contribution is -2.33. The minimum atomic E-state index is -3.45. The fraction of sp³-hybridized carbons (Fsp3) is 0.667. The normalized spacial score (nSPS) is 15.6. The van der Waals surface area contributed by atoms with E-state index < -0.39 is 10.0 Å². The minimum Gasteiger partial charge on any atom is -0.313 e. The van der Waals surface area contributed by atoms with E-state index in [2.05, 4.69) is 17.2 Å². The van der Waals surface area contributed by atoms with Crippen molar-refractivity contribution in [2.45, 2.75) is 44.7 Å². The molecule has 5 nitrogen and oxygen atoms in total. The first kappa shape index (κ1) is 16.4. The molecular weight excluding hydrogens is 286 g/mol. The van der Waals surface area contributed by atoms with E-state index in [4.69, 9.17) is 0 Å². The number of hydrogen-bond acceptors (Lipinski definition) is 4. The summed E-state index contributed by atoms with van der Waals surface area (Å²) in [6, 6.07) is 3.46. The molecule has 0 aromatic carbocycles. The Balaban J connectivity index is 2.04. The maximum absolute atomic E-state index is 12.5. The molecule has 0 saturated heterocycles. The summed E-state index contributed by atoms with van der Waals surface area (Å²) >= 11 is 0. The first-order valence-corrected chi connectivity index (χ1v) is 9.17. The van der Waals surface area contributed by atoms with Gasteiger partial charge >= 0.3 is 0 Å². The summed E-state index contributed by atoms with van der Waals surface area (Å²) in [4.78, 5) is 4.16. The highest BCUT2D eigenvalue weighted by Gasteiger charge is 2.31. The second kappa shape index (κ2) is 7.33. The Morgan fingerprint density at radius 2 is 2.10 bits per heavy atom. The van der Waals surface area contributed by atoms with Gasteiger partial charge in [-0.2, -0.15) is 4.31 Å². The van der Waals surface area contributed by atoms with E-state index >= 15 is 0 Å². The van der Waals surface area contributed by atoms with Gasteiger partial charge in [-0.05, 0) is 43.4 Å². The van der Waals surface area contributed by atoms with Crippen LogP contribution >= 0.6 is 0 Å². The van der Waals surface area contributed by atoms with Gasteiger partial charge in [0.25, 0.3) is 10.0 Å². The SMILES string of the molecule is CCCNCc1ccc(S(=O)(=O)N(CC)CC2CC2)nc1. The van der Waals surface area contributed by atoms with Crippen LogP contribution in [0.4, 0.5) is 0 Å². The van der Waals surface area contributed by atoms with Crippen molar-refractivity contribution in [2.75, 3.05) is 19.6 Å². The smallest absolute Gasteiger partial charge is 0.260 e. The lowest BCUT2D eigenvalue weighted by molar-refractivity contribution is 0.410. The Morgan fingerprint density at radius 3 is 2.62 bits per heavy atom. The molecule has 0 atom stereocenters. The number of pyridine rings is 1. The zero-order valence-corrected chi connectivity index (χ0v) is 13.7. The molecule has 0 aliphatic heterocycles. The maximum atomic E-state index is 12.5. The van der Waals surface area contributed by atoms with Crippen molar-refractivity contribution < 1.29 is 8.42 Å². The molecule has 1 aromatic rings. The van der Waals surface area contributed by atoms with Gasteiger partial charge in [0, 0.05) is 25.8 Å². The van der Waals surface area contributed by atoms with Gasteiger partial charge in [0.1, 0.15) is 0 Å². The van der Waals surface area contributed by atoms with Crippen molar-refractivity contribution in [3.05, 3.63) is 23.9 Å². The van der Waals surface area contributed by atoms with Crippen LogP contribution in [0.15, 0.2) is 23.4 Å². The summed E-state index contributed by atoms with van der Waals surface area (Å²) in [5, 5.41) is 3.43. The summed E-state index contributed by atoms with van der Waals surface area (Å²) in [5.41, 5.74) is 1.01. The molecule has 0 radical (unpaired) electrons. The Kier molecular flexibility index (Phi) is 5.72. The topological polar surface area (TPSA) is 62.3 Å². The van der Waals surface area contributed by atoms with Gasteiger partial charge in [-0.1, -0.05) is 19.9 Å². The molecule has 21 heavy (non-hydrogen) atoms. The van der Waals surface area contributed by atoms with Gasteiger partial charge in [-0.3, -0.25) is 0 Å². The summed E-state index contributed by atoms with van der Waals surface area (Å²) in [7, 11) is -3.45. The van der Waals surface area contributed by atoms with Crippen LogP contribution in [0.1, 0.15) is 38.7 Å². The van der Waals surface area contributed by atoms with Gasteiger partial charge in [-0.25, -0.2) is 13.4 Å². The zero-order chi connectivity index (χ0) is 15.3. The van der Waals surface area contributed by atoms with Crippen LogP contribution in [0.5, 0.6) is 0 Å². The van der Waals surface area contributed by atoms with Crippen LogP contribution in [0.3, 0.4) is 0 Å². The maximum Gasteiger partial charge on any atom is 0.260 e. The highest BCUT2D eigenvalue weighted by molar-refractivity contribution is 7.89. The van der Waals surface area contributed by atoms with Crippen LogP contribution in [0, 0.1) is 5.92 Å². The van der Waals surface area contributed by atoms with Crippen molar-refractivity contribution in [1.29, 1.82) is 0 Å². The van der Waals surface area contributed by atoms with Gasteiger partial charge in [0.15, 0.2) is 5.03 Å². The molecule has 6 heteroatoms. The van der Waals surface area contributed by atoms with E-state index in [1.54, 1.807) is 16.6 Å². The molecule has 1 fully saturated rings. The molecule has 1 N–H and O–H groups in total. The summed E-state index contributed by atoms with van der Waals surface area (Å²) in [6.07, 6.45) is 5.01. The second-order valence-corrected chi connectivity index (χ2v) is 7.47. The highest BCUT2D eigenvalue weighted by atomic mass is 32.2. The monoisotopic (exact) mass is 311 g/mol. The van der Waals surface area contributed by atoms with Crippen LogP contribution in [-0.2, 0) is 16.6 Å². The number of hydrogen-bond donors (Lipinski definition) is 1. The molecule has 1 aromatic heterocycles. The second-order valence-electron chi connectivity index (χ2n) is 5.58. The molecule has 1 aliphatic carbocycles. The van der Waals surface area contributed by atoms with Gasteiger partial charge in [0.05, 0.1) is 0 Å². The Morgan fingerprint density at radius 1 is 1.33 bits per heavy atom. The molecule has 118 valence electrons. The molecule has 1 heterocycles. The predicted molar refractivity (Wildman–Crippen MR) is 83.4 cm³/mol. The largest absolute Gasteiger partial charge is 0.313 e. The average Bonchev–Trinajstić information content (AvgIpc) is 3.29. The van der Waals surface area contributed by atoms with Crippen molar-refractivity contribution in [3.8, 4) is 0 Å². The van der Waals surface area contributed by atoms with Crippen molar-refractivity contribution in [2.24, 2.45) is 5.92 Å². The Bertz CT molecular complexity index is 539. The number of aromatic nitrogens is 1. The summed E-state index contributed by atoms with van der Waals surface area (Å²) in [5.74, 6) is 0.539. The molecule has 0 bridgehead atoms. The van der Waals surface area contributed by atoms with E-state index in [0.717, 1.165) is 37.9 Å². The number of nitrogens with zero attached hydrogens (tertiary/aromatic N) is 2. The van der Waals surface area contributed by atoms with Crippen LogP contribution in [0.25, 0.3) is 0 Å². The average molecular weight is 311 g/mol. The Hall–Kier alpha value is -0.980. The number of nitrogens with one attached hydrogen (secondary N) is 1. The first-order chi connectivity index (χ1) is 10.1. The van der Waals surface area contributed by atoms with Crippen LogP contribution in [0.2, 0.25) is 0 Å². The molecule has 2 rings (SSSR count).